The molecule has 25 heavy (non-hydrogen) atoms. The number of benzene rings is 1. The number of carbonyl (C=O) groups is 2. The molecule has 0 unspecified atom stereocenters. The SMILES string of the molecule is CCOC(=O)c1cnn(C)c1NC(=O)c1ccc(-n2cccc2)cc1. The van der Waals surface area contributed by atoms with Crippen LogP contribution in [0.25, 0.3) is 5.69 Å². The first-order valence-corrected chi connectivity index (χ1v) is 7.84. The molecule has 0 bridgehead atoms. The van der Waals surface area contributed by atoms with E-state index >= 15 is 0 Å². The summed E-state index contributed by atoms with van der Waals surface area (Å²) < 4.78 is 8.35. The summed E-state index contributed by atoms with van der Waals surface area (Å²) >= 11 is 0. The lowest BCUT2D eigenvalue weighted by Crippen LogP contribution is -2.17. The third kappa shape index (κ3) is 3.45. The normalized spacial score (nSPS) is 10.5. The van der Waals surface area contributed by atoms with Crippen molar-refractivity contribution in [2.75, 3.05) is 11.9 Å². The first kappa shape index (κ1) is 16.5. The van der Waals surface area contributed by atoms with E-state index in [0.29, 0.717) is 11.4 Å². The molecule has 2 heterocycles. The van der Waals surface area contributed by atoms with Crippen molar-refractivity contribution in [2.24, 2.45) is 7.05 Å². The maximum atomic E-state index is 12.5. The number of aromatic nitrogens is 3. The van der Waals surface area contributed by atoms with E-state index in [-0.39, 0.29) is 18.1 Å². The van der Waals surface area contributed by atoms with Gasteiger partial charge in [-0.15, -0.1) is 0 Å². The molecule has 7 heteroatoms. The summed E-state index contributed by atoms with van der Waals surface area (Å²) in [6, 6.07) is 11.0. The van der Waals surface area contributed by atoms with Gasteiger partial charge in [-0.1, -0.05) is 0 Å². The standard InChI is InChI=1S/C18H18N4O3/c1-3-25-18(24)15-12-19-21(2)16(15)20-17(23)13-6-8-14(9-7-13)22-10-4-5-11-22/h4-12H,3H2,1-2H3,(H,20,23). The molecule has 2 aromatic heterocycles. The zero-order valence-electron chi connectivity index (χ0n) is 14.0. The summed E-state index contributed by atoms with van der Waals surface area (Å²) in [7, 11) is 1.65. The molecular formula is C18H18N4O3. The molecule has 0 aliphatic heterocycles. The van der Waals surface area contributed by atoms with Gasteiger partial charge in [0.2, 0.25) is 0 Å². The third-order valence-corrected chi connectivity index (χ3v) is 3.70. The highest BCUT2D eigenvalue weighted by molar-refractivity contribution is 6.07. The molecule has 0 saturated heterocycles. The highest BCUT2D eigenvalue weighted by Gasteiger charge is 2.19. The van der Waals surface area contributed by atoms with Crippen LogP contribution in [0.2, 0.25) is 0 Å². The van der Waals surface area contributed by atoms with Crippen LogP contribution in [0.4, 0.5) is 5.82 Å². The van der Waals surface area contributed by atoms with Crippen LogP contribution in [-0.2, 0) is 11.8 Å². The van der Waals surface area contributed by atoms with Gasteiger partial charge in [-0.3, -0.25) is 9.48 Å². The topological polar surface area (TPSA) is 78.2 Å². The maximum absolute atomic E-state index is 12.5. The third-order valence-electron chi connectivity index (χ3n) is 3.70. The second-order valence-corrected chi connectivity index (χ2v) is 5.34. The highest BCUT2D eigenvalue weighted by Crippen LogP contribution is 2.17. The van der Waals surface area contributed by atoms with Crippen LogP contribution in [0.3, 0.4) is 0 Å². The second kappa shape index (κ2) is 7.04. The van der Waals surface area contributed by atoms with Gasteiger partial charge in [-0.25, -0.2) is 4.79 Å². The Kier molecular flexibility index (Phi) is 4.65. The first-order chi connectivity index (χ1) is 12.1. The number of rotatable bonds is 5. The lowest BCUT2D eigenvalue weighted by atomic mass is 10.2. The van der Waals surface area contributed by atoms with Gasteiger partial charge in [0.05, 0.1) is 12.8 Å². The van der Waals surface area contributed by atoms with Gasteiger partial charge < -0.3 is 14.6 Å². The fourth-order valence-electron chi connectivity index (χ4n) is 2.42. The monoisotopic (exact) mass is 338 g/mol. The smallest absolute Gasteiger partial charge is 0.343 e. The number of anilines is 1. The van der Waals surface area contributed by atoms with Crippen LogP contribution >= 0.6 is 0 Å². The number of nitrogens with one attached hydrogen (secondary N) is 1. The van der Waals surface area contributed by atoms with Crippen molar-refractivity contribution in [3.63, 3.8) is 0 Å². The number of ether oxygens (including phenoxy) is 1. The molecule has 3 rings (SSSR count). The van der Waals surface area contributed by atoms with Crippen LogP contribution in [0.5, 0.6) is 0 Å². The van der Waals surface area contributed by atoms with Crippen LogP contribution in [0.1, 0.15) is 27.6 Å². The zero-order chi connectivity index (χ0) is 17.8. The van der Waals surface area contributed by atoms with E-state index in [1.54, 1.807) is 26.1 Å². The molecule has 7 nitrogen and oxygen atoms in total. The number of hydrogen-bond acceptors (Lipinski definition) is 4. The maximum Gasteiger partial charge on any atom is 0.343 e. The van der Waals surface area contributed by atoms with E-state index in [1.807, 2.05) is 41.2 Å². The Morgan fingerprint density at radius 1 is 1.16 bits per heavy atom. The Morgan fingerprint density at radius 3 is 2.48 bits per heavy atom. The number of amides is 1. The van der Waals surface area contributed by atoms with Crippen molar-refractivity contribution in [2.45, 2.75) is 6.92 Å². The summed E-state index contributed by atoms with van der Waals surface area (Å²) in [5.74, 6) is -0.542. The quantitative estimate of drug-likeness (QED) is 0.726. The molecule has 0 fully saturated rings. The fraction of sp³-hybridized carbons (Fsp3) is 0.167. The number of nitrogens with zero attached hydrogens (tertiary/aromatic N) is 3. The lowest BCUT2D eigenvalue weighted by Gasteiger charge is -2.09. The minimum absolute atomic E-state index is 0.224. The minimum Gasteiger partial charge on any atom is -0.462 e. The molecule has 0 atom stereocenters. The van der Waals surface area contributed by atoms with Gasteiger partial charge in [-0.05, 0) is 43.3 Å². The number of hydrogen-bond donors (Lipinski definition) is 1. The molecule has 0 radical (unpaired) electrons. The van der Waals surface area contributed by atoms with Gasteiger partial charge in [0.15, 0.2) is 0 Å². The largest absolute Gasteiger partial charge is 0.462 e. The summed E-state index contributed by atoms with van der Waals surface area (Å²) in [5.41, 5.74) is 1.66. The van der Waals surface area contributed by atoms with Gasteiger partial charge in [-0.2, -0.15) is 5.10 Å². The predicted molar refractivity (Wildman–Crippen MR) is 92.9 cm³/mol. The van der Waals surface area contributed by atoms with E-state index in [4.69, 9.17) is 4.74 Å². The molecule has 0 aliphatic carbocycles. The van der Waals surface area contributed by atoms with Crippen molar-refractivity contribution >= 4 is 17.7 Å². The van der Waals surface area contributed by atoms with E-state index in [0.717, 1.165) is 5.69 Å². The molecule has 1 aromatic carbocycles. The van der Waals surface area contributed by atoms with E-state index in [9.17, 15) is 9.59 Å². The van der Waals surface area contributed by atoms with Gasteiger partial charge in [0.25, 0.3) is 5.91 Å². The molecule has 0 aliphatic rings. The van der Waals surface area contributed by atoms with Gasteiger partial charge in [0.1, 0.15) is 11.4 Å². The predicted octanol–water partition coefficient (Wildman–Crippen LogP) is 2.64. The van der Waals surface area contributed by atoms with Crippen molar-refractivity contribution < 1.29 is 14.3 Å². The molecule has 0 saturated carbocycles. The van der Waals surface area contributed by atoms with E-state index in [1.165, 1.54) is 10.9 Å². The van der Waals surface area contributed by atoms with Crippen LogP contribution in [0.15, 0.2) is 55.0 Å². The number of aryl methyl sites for hydroxylation is 1. The van der Waals surface area contributed by atoms with Gasteiger partial charge in [0, 0.05) is 30.7 Å². The highest BCUT2D eigenvalue weighted by atomic mass is 16.5. The molecule has 128 valence electrons. The summed E-state index contributed by atoms with van der Waals surface area (Å²) in [4.78, 5) is 24.4. The first-order valence-electron chi connectivity index (χ1n) is 7.84. The zero-order valence-corrected chi connectivity index (χ0v) is 14.0. The minimum atomic E-state index is -0.520. The summed E-state index contributed by atoms with van der Waals surface area (Å²) in [6.07, 6.45) is 5.23. The molecule has 1 N–H and O–H groups in total. The lowest BCUT2D eigenvalue weighted by molar-refractivity contribution is 0.0527. The van der Waals surface area contributed by atoms with Gasteiger partial charge >= 0.3 is 5.97 Å². The van der Waals surface area contributed by atoms with Crippen molar-refractivity contribution in [3.8, 4) is 5.69 Å². The molecule has 0 spiro atoms. The van der Waals surface area contributed by atoms with E-state index in [2.05, 4.69) is 10.4 Å². The Labute approximate surface area is 144 Å². The average Bonchev–Trinajstić information content (AvgIpc) is 3.26. The summed E-state index contributed by atoms with van der Waals surface area (Å²) in [5, 5.41) is 6.73. The van der Waals surface area contributed by atoms with Crippen molar-refractivity contribution in [3.05, 3.63) is 66.1 Å². The van der Waals surface area contributed by atoms with Crippen LogP contribution in [0, 0.1) is 0 Å². The Balaban J connectivity index is 1.79. The fourth-order valence-corrected chi connectivity index (χ4v) is 2.42. The Bertz CT molecular complexity index is 880. The average molecular weight is 338 g/mol. The molecular weight excluding hydrogens is 320 g/mol. The molecule has 3 aromatic rings. The second-order valence-electron chi connectivity index (χ2n) is 5.34. The Hall–Kier alpha value is -3.35. The number of esters is 1. The summed E-state index contributed by atoms with van der Waals surface area (Å²) in [6.45, 7) is 1.97. The van der Waals surface area contributed by atoms with E-state index < -0.39 is 5.97 Å². The molecule has 1 amide bonds. The van der Waals surface area contributed by atoms with Crippen molar-refractivity contribution in [1.82, 2.24) is 14.3 Å². The van der Waals surface area contributed by atoms with Crippen LogP contribution < -0.4 is 5.32 Å². The number of carbonyl (C=O) groups excluding carboxylic acids is 2. The van der Waals surface area contributed by atoms with Crippen LogP contribution in [-0.4, -0.2) is 32.8 Å². The van der Waals surface area contributed by atoms with Crippen molar-refractivity contribution in [1.29, 1.82) is 0 Å². The Morgan fingerprint density at radius 2 is 1.84 bits per heavy atom.